The first-order chi connectivity index (χ1) is 10.7. The Labute approximate surface area is 137 Å². The maximum absolute atomic E-state index is 5.26. The molecule has 5 nitrogen and oxygen atoms in total. The lowest BCUT2D eigenvalue weighted by atomic mass is 9.96. The van der Waals surface area contributed by atoms with Crippen LogP contribution in [0.3, 0.4) is 0 Å². The predicted octanol–water partition coefficient (Wildman–Crippen LogP) is 2.83. The van der Waals surface area contributed by atoms with Crippen molar-refractivity contribution in [1.82, 2.24) is 10.7 Å². The van der Waals surface area contributed by atoms with Crippen molar-refractivity contribution in [3.05, 3.63) is 23.8 Å². The van der Waals surface area contributed by atoms with E-state index in [9.17, 15) is 0 Å². The zero-order valence-electron chi connectivity index (χ0n) is 13.1. The van der Waals surface area contributed by atoms with Gasteiger partial charge in [0.25, 0.3) is 0 Å². The van der Waals surface area contributed by atoms with Crippen LogP contribution in [-0.2, 0) is 0 Å². The van der Waals surface area contributed by atoms with E-state index in [2.05, 4.69) is 15.8 Å². The molecule has 120 valence electrons. The lowest BCUT2D eigenvalue weighted by Crippen LogP contribution is -2.40. The van der Waals surface area contributed by atoms with Crippen molar-refractivity contribution in [3.63, 3.8) is 0 Å². The number of hydrogen-bond acceptors (Lipinski definition) is 4. The van der Waals surface area contributed by atoms with Crippen LogP contribution in [0.25, 0.3) is 0 Å². The maximum Gasteiger partial charge on any atom is 0.187 e. The average Bonchev–Trinajstić information content (AvgIpc) is 2.55. The third kappa shape index (κ3) is 5.18. The average molecular weight is 321 g/mol. The molecular weight excluding hydrogens is 298 g/mol. The number of thiocarbonyl (C=S) groups is 1. The molecule has 1 aliphatic rings. The molecule has 1 aliphatic carbocycles. The first kappa shape index (κ1) is 16.5. The Morgan fingerprint density at radius 3 is 2.36 bits per heavy atom. The van der Waals surface area contributed by atoms with E-state index in [0.29, 0.717) is 11.2 Å². The van der Waals surface area contributed by atoms with Crippen LogP contribution >= 0.6 is 12.2 Å². The number of hydrazone groups is 1. The molecule has 1 fully saturated rings. The number of nitrogens with one attached hydrogen (secondary N) is 2. The summed E-state index contributed by atoms with van der Waals surface area (Å²) in [7, 11) is 3.24. The van der Waals surface area contributed by atoms with Crippen molar-refractivity contribution >= 4 is 23.5 Å². The molecule has 0 spiro atoms. The molecule has 0 atom stereocenters. The summed E-state index contributed by atoms with van der Waals surface area (Å²) in [5.74, 6) is 1.45. The molecule has 0 saturated heterocycles. The summed E-state index contributed by atoms with van der Waals surface area (Å²) in [6.07, 6.45) is 7.92. The Morgan fingerprint density at radius 1 is 1.14 bits per heavy atom. The van der Waals surface area contributed by atoms with Gasteiger partial charge < -0.3 is 14.8 Å². The van der Waals surface area contributed by atoms with Gasteiger partial charge in [-0.1, -0.05) is 19.3 Å². The second-order valence-electron chi connectivity index (χ2n) is 5.32. The van der Waals surface area contributed by atoms with Gasteiger partial charge in [-0.2, -0.15) is 5.10 Å². The third-order valence-electron chi connectivity index (χ3n) is 3.69. The molecule has 0 amide bonds. The summed E-state index contributed by atoms with van der Waals surface area (Å²) >= 11 is 5.26. The van der Waals surface area contributed by atoms with E-state index in [0.717, 1.165) is 17.1 Å². The normalized spacial score (nSPS) is 15.5. The highest BCUT2D eigenvalue weighted by molar-refractivity contribution is 7.80. The highest BCUT2D eigenvalue weighted by Gasteiger charge is 2.13. The second-order valence-corrected chi connectivity index (χ2v) is 5.73. The van der Waals surface area contributed by atoms with Crippen LogP contribution in [0.5, 0.6) is 11.5 Å². The highest BCUT2D eigenvalue weighted by Crippen LogP contribution is 2.21. The van der Waals surface area contributed by atoms with Gasteiger partial charge in [0.05, 0.1) is 20.4 Å². The molecule has 1 saturated carbocycles. The Bertz CT molecular complexity index is 506. The molecule has 1 aromatic carbocycles. The number of hydrogen-bond donors (Lipinski definition) is 2. The minimum absolute atomic E-state index is 0.473. The van der Waals surface area contributed by atoms with E-state index in [-0.39, 0.29) is 0 Å². The standard InChI is InChI=1S/C16H23N3O2S/c1-20-14-8-12(9-15(10-14)21-2)11-17-19-16(22)18-13-6-4-3-5-7-13/h8-11,13H,3-7H2,1-2H3,(H2,18,19,22). The zero-order chi connectivity index (χ0) is 15.8. The summed E-state index contributed by atoms with van der Waals surface area (Å²) in [6.45, 7) is 0. The number of ether oxygens (including phenoxy) is 2. The van der Waals surface area contributed by atoms with Gasteiger partial charge in [0.1, 0.15) is 11.5 Å². The number of methoxy groups -OCH3 is 2. The molecular formula is C16H23N3O2S. The van der Waals surface area contributed by atoms with Crippen molar-refractivity contribution in [2.24, 2.45) is 5.10 Å². The Kier molecular flexibility index (Phi) is 6.45. The molecule has 0 unspecified atom stereocenters. The van der Waals surface area contributed by atoms with Crippen LogP contribution in [0.1, 0.15) is 37.7 Å². The van der Waals surface area contributed by atoms with Crippen LogP contribution in [0, 0.1) is 0 Å². The predicted molar refractivity (Wildman–Crippen MR) is 92.9 cm³/mol. The van der Waals surface area contributed by atoms with Crippen LogP contribution in [0.15, 0.2) is 23.3 Å². The fraction of sp³-hybridized carbons (Fsp3) is 0.500. The first-order valence-electron chi connectivity index (χ1n) is 7.54. The molecule has 0 aliphatic heterocycles. The van der Waals surface area contributed by atoms with Gasteiger partial charge in [0.15, 0.2) is 5.11 Å². The summed E-state index contributed by atoms with van der Waals surface area (Å²) in [5, 5.41) is 8.04. The minimum atomic E-state index is 0.473. The largest absolute Gasteiger partial charge is 0.497 e. The first-order valence-corrected chi connectivity index (χ1v) is 7.94. The van der Waals surface area contributed by atoms with E-state index in [1.54, 1.807) is 20.4 Å². The third-order valence-corrected chi connectivity index (χ3v) is 3.90. The molecule has 2 rings (SSSR count). The number of benzene rings is 1. The summed E-state index contributed by atoms with van der Waals surface area (Å²) < 4.78 is 10.5. The van der Waals surface area contributed by atoms with Crippen LogP contribution in [-0.4, -0.2) is 31.6 Å². The Hall–Kier alpha value is -1.82. The SMILES string of the molecule is COc1cc(C=NNC(=S)NC2CCCCC2)cc(OC)c1. The molecule has 0 heterocycles. The van der Waals surface area contributed by atoms with Gasteiger partial charge >= 0.3 is 0 Å². The van der Waals surface area contributed by atoms with E-state index >= 15 is 0 Å². The molecule has 6 heteroatoms. The van der Waals surface area contributed by atoms with E-state index in [1.807, 2.05) is 18.2 Å². The number of rotatable bonds is 5. The van der Waals surface area contributed by atoms with E-state index in [1.165, 1.54) is 32.1 Å². The van der Waals surface area contributed by atoms with E-state index in [4.69, 9.17) is 21.7 Å². The topological polar surface area (TPSA) is 54.9 Å². The fourth-order valence-electron chi connectivity index (χ4n) is 2.53. The van der Waals surface area contributed by atoms with Crippen molar-refractivity contribution in [1.29, 1.82) is 0 Å². The summed E-state index contributed by atoms with van der Waals surface area (Å²) in [6, 6.07) is 6.05. The van der Waals surface area contributed by atoms with Crippen LogP contribution in [0.2, 0.25) is 0 Å². The fourth-order valence-corrected chi connectivity index (χ4v) is 2.75. The van der Waals surface area contributed by atoms with E-state index < -0.39 is 0 Å². The quantitative estimate of drug-likeness (QED) is 0.496. The van der Waals surface area contributed by atoms with Crippen molar-refractivity contribution in [2.45, 2.75) is 38.1 Å². The Morgan fingerprint density at radius 2 is 1.77 bits per heavy atom. The van der Waals surface area contributed by atoms with Crippen molar-refractivity contribution < 1.29 is 9.47 Å². The van der Waals surface area contributed by atoms with Gasteiger partial charge in [0, 0.05) is 17.7 Å². The Balaban J connectivity index is 1.87. The van der Waals surface area contributed by atoms with Gasteiger partial charge in [-0.05, 0) is 37.2 Å². The molecule has 22 heavy (non-hydrogen) atoms. The summed E-state index contributed by atoms with van der Waals surface area (Å²) in [5.41, 5.74) is 3.74. The van der Waals surface area contributed by atoms with Gasteiger partial charge in [-0.3, -0.25) is 5.43 Å². The zero-order valence-corrected chi connectivity index (χ0v) is 13.9. The second kappa shape index (κ2) is 8.58. The summed E-state index contributed by atoms with van der Waals surface area (Å²) in [4.78, 5) is 0. The van der Waals surface area contributed by atoms with Gasteiger partial charge in [-0.25, -0.2) is 0 Å². The molecule has 2 N–H and O–H groups in total. The minimum Gasteiger partial charge on any atom is -0.497 e. The van der Waals surface area contributed by atoms with Crippen LogP contribution < -0.4 is 20.2 Å². The lowest BCUT2D eigenvalue weighted by molar-refractivity contribution is 0.394. The van der Waals surface area contributed by atoms with Gasteiger partial charge in [-0.15, -0.1) is 0 Å². The van der Waals surface area contributed by atoms with Crippen molar-refractivity contribution in [2.75, 3.05) is 14.2 Å². The lowest BCUT2D eigenvalue weighted by Gasteiger charge is -2.23. The maximum atomic E-state index is 5.26. The number of nitrogens with zero attached hydrogens (tertiary/aromatic N) is 1. The molecule has 0 radical (unpaired) electrons. The molecule has 0 bridgehead atoms. The monoisotopic (exact) mass is 321 g/mol. The smallest absolute Gasteiger partial charge is 0.187 e. The van der Waals surface area contributed by atoms with Crippen LogP contribution in [0.4, 0.5) is 0 Å². The molecule has 1 aromatic rings. The highest BCUT2D eigenvalue weighted by atomic mass is 32.1. The molecule has 0 aromatic heterocycles. The van der Waals surface area contributed by atoms with Crippen molar-refractivity contribution in [3.8, 4) is 11.5 Å². The van der Waals surface area contributed by atoms with Gasteiger partial charge in [0.2, 0.25) is 0 Å².